The molecule has 0 atom stereocenters. The van der Waals surface area contributed by atoms with Crippen LogP contribution in [0.2, 0.25) is 5.02 Å². The van der Waals surface area contributed by atoms with E-state index in [9.17, 15) is 4.79 Å². The molecule has 2 aromatic heterocycles. The number of carbonyl (C=O) groups excluding carboxylic acids is 1. The highest BCUT2D eigenvalue weighted by atomic mass is 35.5. The van der Waals surface area contributed by atoms with E-state index in [1.54, 1.807) is 11.3 Å². The van der Waals surface area contributed by atoms with Gasteiger partial charge in [0.1, 0.15) is 0 Å². The van der Waals surface area contributed by atoms with Crippen LogP contribution in [0.15, 0.2) is 30.5 Å². The SMILES string of the molecule is Cn1cc(C(=O)c2cc3c(s2)CCC3)c2ccc(Cl)cc21. The van der Waals surface area contributed by atoms with Crippen LogP contribution in [-0.4, -0.2) is 10.4 Å². The fraction of sp³-hybridized carbons (Fsp3) is 0.235. The summed E-state index contributed by atoms with van der Waals surface area (Å²) in [7, 11) is 1.95. The van der Waals surface area contributed by atoms with Crippen molar-refractivity contribution in [1.29, 1.82) is 0 Å². The third-order valence-electron chi connectivity index (χ3n) is 4.17. The zero-order valence-corrected chi connectivity index (χ0v) is 13.2. The Balaban J connectivity index is 1.83. The molecular weight excluding hydrogens is 302 g/mol. The van der Waals surface area contributed by atoms with Crippen LogP contribution >= 0.6 is 22.9 Å². The molecule has 0 N–H and O–H groups in total. The fourth-order valence-electron chi connectivity index (χ4n) is 3.11. The summed E-state index contributed by atoms with van der Waals surface area (Å²) in [6.07, 6.45) is 5.37. The van der Waals surface area contributed by atoms with Gasteiger partial charge in [-0.2, -0.15) is 0 Å². The predicted molar refractivity (Wildman–Crippen MR) is 87.7 cm³/mol. The Morgan fingerprint density at radius 3 is 2.95 bits per heavy atom. The number of hydrogen-bond acceptors (Lipinski definition) is 2. The molecule has 106 valence electrons. The van der Waals surface area contributed by atoms with Gasteiger partial charge in [0, 0.05) is 39.6 Å². The second kappa shape index (κ2) is 4.72. The molecule has 0 fully saturated rings. The number of aromatic nitrogens is 1. The van der Waals surface area contributed by atoms with Crippen LogP contribution in [0.5, 0.6) is 0 Å². The van der Waals surface area contributed by atoms with Gasteiger partial charge in [-0.25, -0.2) is 0 Å². The number of nitrogens with zero attached hydrogens (tertiary/aromatic N) is 1. The Morgan fingerprint density at radius 2 is 2.14 bits per heavy atom. The number of hydrogen-bond donors (Lipinski definition) is 0. The Bertz CT molecular complexity index is 853. The summed E-state index contributed by atoms with van der Waals surface area (Å²) < 4.78 is 1.97. The molecule has 1 aliphatic rings. The second-order valence-electron chi connectivity index (χ2n) is 5.56. The van der Waals surface area contributed by atoms with Crippen LogP contribution in [-0.2, 0) is 19.9 Å². The van der Waals surface area contributed by atoms with Crippen LogP contribution in [0.25, 0.3) is 10.9 Å². The van der Waals surface area contributed by atoms with E-state index in [-0.39, 0.29) is 5.78 Å². The van der Waals surface area contributed by atoms with Gasteiger partial charge in [-0.05, 0) is 43.0 Å². The van der Waals surface area contributed by atoms with Gasteiger partial charge in [-0.15, -0.1) is 11.3 Å². The first-order valence-electron chi connectivity index (χ1n) is 7.04. The van der Waals surface area contributed by atoms with Crippen LogP contribution in [0.1, 0.15) is 32.1 Å². The minimum Gasteiger partial charge on any atom is -0.350 e. The lowest BCUT2D eigenvalue weighted by Crippen LogP contribution is -1.97. The van der Waals surface area contributed by atoms with Gasteiger partial charge < -0.3 is 4.57 Å². The van der Waals surface area contributed by atoms with Gasteiger partial charge in [-0.1, -0.05) is 17.7 Å². The molecule has 4 heteroatoms. The molecule has 0 bridgehead atoms. The highest BCUT2D eigenvalue weighted by molar-refractivity contribution is 7.14. The van der Waals surface area contributed by atoms with E-state index in [1.165, 1.54) is 16.9 Å². The predicted octanol–water partition coefficient (Wildman–Crippen LogP) is 4.61. The number of halogens is 1. The van der Waals surface area contributed by atoms with Crippen LogP contribution < -0.4 is 0 Å². The van der Waals surface area contributed by atoms with E-state index in [0.29, 0.717) is 5.02 Å². The van der Waals surface area contributed by atoms with Crippen molar-refractivity contribution < 1.29 is 4.79 Å². The van der Waals surface area contributed by atoms with Gasteiger partial charge in [-0.3, -0.25) is 4.79 Å². The Hall–Kier alpha value is -1.58. The first kappa shape index (κ1) is 13.1. The molecule has 0 radical (unpaired) electrons. The molecule has 0 aliphatic heterocycles. The van der Waals surface area contributed by atoms with Crippen molar-refractivity contribution in [1.82, 2.24) is 4.57 Å². The standard InChI is InChI=1S/C17H14ClNOS/c1-19-9-13(12-6-5-11(18)8-14(12)19)17(20)16-7-10-3-2-4-15(10)21-16/h5-9H,2-4H2,1H3. The zero-order valence-electron chi connectivity index (χ0n) is 11.6. The summed E-state index contributed by atoms with van der Waals surface area (Å²) in [6.45, 7) is 0. The zero-order chi connectivity index (χ0) is 14.6. The molecule has 2 nitrogen and oxygen atoms in total. The van der Waals surface area contributed by atoms with Crippen LogP contribution in [0, 0.1) is 0 Å². The van der Waals surface area contributed by atoms with E-state index in [1.807, 2.05) is 36.0 Å². The molecule has 4 rings (SSSR count). The van der Waals surface area contributed by atoms with Gasteiger partial charge in [0.15, 0.2) is 0 Å². The minimum absolute atomic E-state index is 0.127. The quantitative estimate of drug-likeness (QED) is 0.633. The van der Waals surface area contributed by atoms with Crippen LogP contribution in [0.4, 0.5) is 0 Å². The summed E-state index contributed by atoms with van der Waals surface area (Å²) in [6, 6.07) is 7.77. The third-order valence-corrected chi connectivity index (χ3v) is 5.64. The first-order chi connectivity index (χ1) is 10.1. The molecular formula is C17H14ClNOS. The lowest BCUT2D eigenvalue weighted by Gasteiger charge is -1.97. The Kier molecular flexibility index (Phi) is 2.95. The highest BCUT2D eigenvalue weighted by Gasteiger charge is 2.21. The molecule has 0 unspecified atom stereocenters. The molecule has 1 aromatic carbocycles. The number of thiophene rings is 1. The lowest BCUT2D eigenvalue weighted by molar-refractivity contribution is 0.104. The van der Waals surface area contributed by atoms with Crippen LogP contribution in [0.3, 0.4) is 0 Å². The number of aryl methyl sites for hydroxylation is 3. The van der Waals surface area contributed by atoms with E-state index >= 15 is 0 Å². The van der Waals surface area contributed by atoms with Gasteiger partial charge in [0.25, 0.3) is 0 Å². The molecule has 0 spiro atoms. The van der Waals surface area contributed by atoms with Crippen molar-refractivity contribution in [3.8, 4) is 0 Å². The summed E-state index contributed by atoms with van der Waals surface area (Å²) in [5, 5.41) is 1.67. The summed E-state index contributed by atoms with van der Waals surface area (Å²) in [4.78, 5) is 15.1. The largest absolute Gasteiger partial charge is 0.350 e. The van der Waals surface area contributed by atoms with E-state index in [4.69, 9.17) is 11.6 Å². The number of carbonyl (C=O) groups is 1. The molecule has 0 amide bonds. The van der Waals surface area contributed by atoms with Gasteiger partial charge in [0.05, 0.1) is 4.88 Å². The van der Waals surface area contributed by atoms with Crippen molar-refractivity contribution in [2.24, 2.45) is 7.05 Å². The van der Waals surface area contributed by atoms with Crippen molar-refractivity contribution in [2.75, 3.05) is 0 Å². The maximum atomic E-state index is 12.8. The molecule has 3 aromatic rings. The smallest absolute Gasteiger partial charge is 0.205 e. The maximum absolute atomic E-state index is 12.8. The van der Waals surface area contributed by atoms with Gasteiger partial charge >= 0.3 is 0 Å². The fourth-order valence-corrected chi connectivity index (χ4v) is 4.49. The number of fused-ring (bicyclic) bond motifs is 2. The van der Waals surface area contributed by atoms with Crippen molar-refractivity contribution in [3.05, 3.63) is 56.4 Å². The van der Waals surface area contributed by atoms with Crippen molar-refractivity contribution in [2.45, 2.75) is 19.3 Å². The van der Waals surface area contributed by atoms with E-state index in [2.05, 4.69) is 6.07 Å². The summed E-state index contributed by atoms with van der Waals surface area (Å²) >= 11 is 7.71. The average molecular weight is 316 g/mol. The first-order valence-corrected chi connectivity index (χ1v) is 8.24. The summed E-state index contributed by atoms with van der Waals surface area (Å²) in [5.41, 5.74) is 3.13. The van der Waals surface area contributed by atoms with Crippen molar-refractivity contribution >= 4 is 39.6 Å². The molecule has 0 saturated heterocycles. The highest BCUT2D eigenvalue weighted by Crippen LogP contribution is 2.33. The topological polar surface area (TPSA) is 22.0 Å². The molecule has 1 aliphatic carbocycles. The van der Waals surface area contributed by atoms with Gasteiger partial charge in [0.2, 0.25) is 5.78 Å². The minimum atomic E-state index is 0.127. The Labute approximate surface area is 132 Å². The third kappa shape index (κ3) is 2.03. The number of benzene rings is 1. The summed E-state index contributed by atoms with van der Waals surface area (Å²) in [5.74, 6) is 0.127. The number of ketones is 1. The van der Waals surface area contributed by atoms with E-state index in [0.717, 1.165) is 34.2 Å². The second-order valence-corrected chi connectivity index (χ2v) is 7.13. The average Bonchev–Trinajstić information content (AvgIpc) is 3.11. The lowest BCUT2D eigenvalue weighted by atomic mass is 10.1. The Morgan fingerprint density at radius 1 is 1.29 bits per heavy atom. The number of rotatable bonds is 2. The molecule has 2 heterocycles. The van der Waals surface area contributed by atoms with Crippen molar-refractivity contribution in [3.63, 3.8) is 0 Å². The monoisotopic (exact) mass is 315 g/mol. The molecule has 0 saturated carbocycles. The van der Waals surface area contributed by atoms with E-state index < -0.39 is 0 Å². The maximum Gasteiger partial charge on any atom is 0.205 e. The molecule has 21 heavy (non-hydrogen) atoms. The normalized spacial score (nSPS) is 13.8.